The number of hydrogen-bond acceptors (Lipinski definition) is 6. The molecule has 0 N–H and O–H groups in total. The van der Waals surface area contributed by atoms with Crippen LogP contribution in [0.4, 0.5) is 0 Å². The molecule has 0 spiro atoms. The molecule has 6 heteroatoms. The second-order valence-electron chi connectivity index (χ2n) is 11.4. The molecule has 40 heavy (non-hydrogen) atoms. The van der Waals surface area contributed by atoms with Crippen LogP contribution < -0.4 is 0 Å². The molecule has 0 bridgehead atoms. The topological polar surface area (TPSA) is 71.1 Å². The number of unbranched alkanes of at least 4 members (excludes halogenated alkanes) is 20. The Labute approximate surface area is 247 Å². The van der Waals surface area contributed by atoms with Gasteiger partial charge in [0.15, 0.2) is 0 Å². The number of rotatable bonds is 31. The van der Waals surface area contributed by atoms with Crippen LogP contribution in [0.3, 0.4) is 0 Å². The molecule has 0 aliphatic rings. The second-order valence-corrected chi connectivity index (χ2v) is 11.4. The molecule has 0 aromatic rings. The summed E-state index contributed by atoms with van der Waals surface area (Å²) in [6, 6.07) is 0. The number of carbonyl (C=O) groups excluding carboxylic acids is 2. The van der Waals surface area contributed by atoms with Gasteiger partial charge in [-0.2, -0.15) is 0 Å². The summed E-state index contributed by atoms with van der Waals surface area (Å²) in [5.74, 6) is -1.36. The molecule has 236 valence electrons. The van der Waals surface area contributed by atoms with E-state index in [0.717, 1.165) is 51.4 Å². The maximum atomic E-state index is 12.8. The highest BCUT2D eigenvalue weighted by Gasteiger charge is 2.26. The Morgan fingerprint density at radius 2 is 0.975 bits per heavy atom. The van der Waals surface area contributed by atoms with Crippen molar-refractivity contribution in [2.24, 2.45) is 5.92 Å². The Balaban J connectivity index is 4.29. The number of hydrogen-bond donors (Lipinski definition) is 0. The highest BCUT2D eigenvalue weighted by Crippen LogP contribution is 2.22. The molecule has 1 atom stereocenters. The van der Waals surface area contributed by atoms with Gasteiger partial charge in [-0.3, -0.25) is 9.78 Å². The maximum absolute atomic E-state index is 12.8. The molecule has 0 rings (SSSR count). The summed E-state index contributed by atoms with van der Waals surface area (Å²) >= 11 is 0. The monoisotopic (exact) mass is 568 g/mol. The van der Waals surface area contributed by atoms with Gasteiger partial charge in [-0.05, 0) is 19.3 Å². The van der Waals surface area contributed by atoms with Gasteiger partial charge in [0.1, 0.15) is 11.7 Å². The molecule has 1 unspecified atom stereocenters. The van der Waals surface area contributed by atoms with Gasteiger partial charge in [0.2, 0.25) is 0 Å². The van der Waals surface area contributed by atoms with Gasteiger partial charge < -0.3 is 4.74 Å². The van der Waals surface area contributed by atoms with Gasteiger partial charge in [-0.1, -0.05) is 162 Å². The van der Waals surface area contributed by atoms with E-state index in [0.29, 0.717) is 18.8 Å². The molecule has 0 heterocycles. The average Bonchev–Trinajstić information content (AvgIpc) is 2.94. The van der Waals surface area contributed by atoms with Gasteiger partial charge in [0.25, 0.3) is 0 Å². The van der Waals surface area contributed by atoms with Crippen LogP contribution in [0.2, 0.25) is 0 Å². The Morgan fingerprint density at radius 3 is 1.48 bits per heavy atom. The molecule has 0 radical (unpaired) electrons. The van der Waals surface area contributed by atoms with Crippen molar-refractivity contribution in [1.29, 1.82) is 0 Å². The fourth-order valence-electron chi connectivity index (χ4n) is 4.85. The van der Waals surface area contributed by atoms with Crippen LogP contribution in [-0.4, -0.2) is 18.5 Å². The van der Waals surface area contributed by atoms with E-state index in [1.165, 1.54) is 96.3 Å². The van der Waals surface area contributed by atoms with Crippen LogP contribution in [0.1, 0.15) is 181 Å². The van der Waals surface area contributed by atoms with Crippen molar-refractivity contribution in [2.75, 3.05) is 6.61 Å². The first-order chi connectivity index (χ1) is 19.6. The maximum Gasteiger partial charge on any atom is 0.357 e. The molecule has 6 nitrogen and oxygen atoms in total. The summed E-state index contributed by atoms with van der Waals surface area (Å²) in [4.78, 5) is 34.3. The minimum absolute atomic E-state index is 0.253. The first-order valence-electron chi connectivity index (χ1n) is 17.0. The summed E-state index contributed by atoms with van der Waals surface area (Å²) in [5, 5.41) is 4.59. The zero-order valence-corrected chi connectivity index (χ0v) is 26.6. The van der Waals surface area contributed by atoms with E-state index in [-0.39, 0.29) is 6.42 Å². The first kappa shape index (κ1) is 38.4. The molecule has 0 aliphatic heterocycles. The lowest BCUT2D eigenvalue weighted by atomic mass is 9.98. The first-order valence-corrected chi connectivity index (χ1v) is 17.0. The molecule has 0 saturated carbocycles. The summed E-state index contributed by atoms with van der Waals surface area (Å²) < 4.78 is 5.84. The summed E-state index contributed by atoms with van der Waals surface area (Å²) in [5.41, 5.74) is 0. The van der Waals surface area contributed by atoms with Crippen molar-refractivity contribution in [1.82, 2.24) is 0 Å². The Bertz CT molecular complexity index is 591. The van der Waals surface area contributed by atoms with Crippen LogP contribution in [0.15, 0.2) is 12.3 Å². The number of carbonyl (C=O) groups is 2. The Morgan fingerprint density at radius 1 is 0.550 bits per heavy atom. The fraction of sp³-hybridized carbons (Fsp3) is 0.882. The Kier molecular flexibility index (Phi) is 29.2. The second kappa shape index (κ2) is 30.4. The predicted molar refractivity (Wildman–Crippen MR) is 164 cm³/mol. The van der Waals surface area contributed by atoms with Crippen LogP contribution >= 0.6 is 0 Å². The zero-order valence-electron chi connectivity index (χ0n) is 26.6. The van der Waals surface area contributed by atoms with Crippen LogP contribution in [-0.2, 0) is 29.1 Å². The summed E-state index contributed by atoms with van der Waals surface area (Å²) in [6.45, 7) is 11.2. The van der Waals surface area contributed by atoms with E-state index >= 15 is 0 Å². The standard InChI is InChI=1S/C34H64O6/c1-5-8-11-14-17-19-21-23-26-29-33(35)38-40-39-34(36)32(28-25-22-20-18-15-12-9-6-2)31(4)37-30-27-24-16-13-10-7-3/h32H,4-30H2,1-3H3. The van der Waals surface area contributed by atoms with Crippen LogP contribution in [0, 0.1) is 5.92 Å². The third-order valence-corrected chi connectivity index (χ3v) is 7.53. The van der Waals surface area contributed by atoms with Crippen molar-refractivity contribution < 1.29 is 29.1 Å². The lowest BCUT2D eigenvalue weighted by molar-refractivity contribution is -0.460. The van der Waals surface area contributed by atoms with Crippen molar-refractivity contribution in [3.8, 4) is 0 Å². The van der Waals surface area contributed by atoms with Crippen molar-refractivity contribution in [3.63, 3.8) is 0 Å². The highest BCUT2D eigenvalue weighted by molar-refractivity contribution is 5.74. The molecule has 0 aromatic heterocycles. The molecule has 0 aromatic carbocycles. The minimum Gasteiger partial charge on any atom is -0.498 e. The van der Waals surface area contributed by atoms with Gasteiger partial charge in [0.05, 0.1) is 6.61 Å². The SMILES string of the molecule is C=C(OCCCCCCCC)C(CCCCCCCCCC)C(=O)OOOC(=O)CCCCCCCCCCC. The summed E-state index contributed by atoms with van der Waals surface area (Å²) in [7, 11) is 0. The largest absolute Gasteiger partial charge is 0.498 e. The van der Waals surface area contributed by atoms with E-state index in [4.69, 9.17) is 14.5 Å². The van der Waals surface area contributed by atoms with Gasteiger partial charge >= 0.3 is 11.9 Å². The van der Waals surface area contributed by atoms with Crippen LogP contribution in [0.5, 0.6) is 0 Å². The van der Waals surface area contributed by atoms with Gasteiger partial charge in [-0.15, -0.1) is 0 Å². The van der Waals surface area contributed by atoms with Crippen molar-refractivity contribution in [3.05, 3.63) is 12.3 Å². The van der Waals surface area contributed by atoms with E-state index in [9.17, 15) is 9.59 Å². The van der Waals surface area contributed by atoms with Crippen LogP contribution in [0.25, 0.3) is 0 Å². The van der Waals surface area contributed by atoms with Gasteiger partial charge in [0, 0.05) is 11.5 Å². The smallest absolute Gasteiger partial charge is 0.357 e. The van der Waals surface area contributed by atoms with E-state index in [2.05, 4.69) is 32.4 Å². The quantitative estimate of drug-likeness (QED) is 0.0358. The lowest BCUT2D eigenvalue weighted by Gasteiger charge is -2.18. The highest BCUT2D eigenvalue weighted by atomic mass is 17.5. The van der Waals surface area contributed by atoms with Crippen molar-refractivity contribution >= 4 is 11.9 Å². The minimum atomic E-state index is -0.629. The normalized spacial score (nSPS) is 11.8. The van der Waals surface area contributed by atoms with Gasteiger partial charge in [-0.25, -0.2) is 9.59 Å². The molecular weight excluding hydrogens is 504 g/mol. The zero-order chi connectivity index (χ0) is 29.5. The fourth-order valence-corrected chi connectivity index (χ4v) is 4.85. The lowest BCUT2D eigenvalue weighted by Crippen LogP contribution is -2.22. The average molecular weight is 569 g/mol. The van der Waals surface area contributed by atoms with Crippen molar-refractivity contribution in [2.45, 2.75) is 181 Å². The predicted octanol–water partition coefficient (Wildman–Crippen LogP) is 10.9. The number of ether oxygens (including phenoxy) is 1. The third-order valence-electron chi connectivity index (χ3n) is 7.53. The molecule has 0 fully saturated rings. The third kappa shape index (κ3) is 25.4. The summed E-state index contributed by atoms with van der Waals surface area (Å²) in [6.07, 6.45) is 27.8. The molecule has 0 aliphatic carbocycles. The Hall–Kier alpha value is -1.56. The molecular formula is C34H64O6. The van der Waals surface area contributed by atoms with E-state index in [1.54, 1.807) is 0 Å². The molecule has 0 saturated heterocycles. The van der Waals surface area contributed by atoms with E-state index in [1.807, 2.05) is 0 Å². The van der Waals surface area contributed by atoms with E-state index < -0.39 is 17.9 Å². The molecule has 0 amide bonds.